The highest BCUT2D eigenvalue weighted by Gasteiger charge is 2.49. The van der Waals surface area contributed by atoms with Crippen LogP contribution < -0.4 is 20.5 Å². The van der Waals surface area contributed by atoms with Gasteiger partial charge in [-0.25, -0.2) is 19.3 Å². The van der Waals surface area contributed by atoms with Crippen LogP contribution in [0.5, 0.6) is 11.5 Å². The molecule has 1 aliphatic heterocycles. The number of carbonyl (C=O) groups is 1. The van der Waals surface area contributed by atoms with Gasteiger partial charge in [-0.1, -0.05) is 11.3 Å². The topological polar surface area (TPSA) is 137 Å². The first-order valence-electron chi connectivity index (χ1n) is 13.9. The van der Waals surface area contributed by atoms with E-state index in [1.54, 1.807) is 36.8 Å². The second kappa shape index (κ2) is 10.0. The first-order chi connectivity index (χ1) is 20.7. The summed E-state index contributed by atoms with van der Waals surface area (Å²) in [5, 5.41) is 15.6. The molecule has 1 unspecified atom stereocenters. The highest BCUT2D eigenvalue weighted by atomic mass is 32.1. The van der Waals surface area contributed by atoms with E-state index in [4.69, 9.17) is 20.2 Å². The van der Waals surface area contributed by atoms with Gasteiger partial charge in [0.15, 0.2) is 10.9 Å². The van der Waals surface area contributed by atoms with Gasteiger partial charge in [0.25, 0.3) is 5.91 Å². The molecule has 0 bridgehead atoms. The highest BCUT2D eigenvalue weighted by Crippen LogP contribution is 2.50. The summed E-state index contributed by atoms with van der Waals surface area (Å²) in [5.41, 5.74) is 7.12. The number of imidazole rings is 1. The average Bonchev–Trinajstić information content (AvgIpc) is 3.41. The van der Waals surface area contributed by atoms with Crippen molar-refractivity contribution < 1.29 is 23.8 Å². The summed E-state index contributed by atoms with van der Waals surface area (Å²) < 4.78 is 28.2. The molecule has 1 saturated carbocycles. The van der Waals surface area contributed by atoms with E-state index in [2.05, 4.69) is 15.3 Å². The zero-order chi connectivity index (χ0) is 29.9. The number of anilines is 1. The van der Waals surface area contributed by atoms with Crippen LogP contribution in [0.3, 0.4) is 0 Å². The summed E-state index contributed by atoms with van der Waals surface area (Å²) in [5.74, 6) is 0.153. The number of rotatable bonds is 8. The maximum atomic E-state index is 13.9. The van der Waals surface area contributed by atoms with Crippen molar-refractivity contribution >= 4 is 32.6 Å². The standard InChI is InChI=1S/C31H29FN6O4S/c1-30(38-10-9-34-16-38)15-42-27-21(30)13-24(36-25(27)17-3-7-20(32)8-4-17)31(40,19-5-6-19)14-35-28(39)18-11-22(41-2)26-23(12-18)43-29(33)37-26/h3-4,7-13,16,19,40H,5-6,14-15H2,1-2H3,(H2,33,37)(H,35,39)/t30-,31?/m0/s1. The molecule has 0 saturated heterocycles. The van der Waals surface area contributed by atoms with Crippen LogP contribution in [0.2, 0.25) is 0 Å². The summed E-state index contributed by atoms with van der Waals surface area (Å²) in [6.45, 7) is 2.29. The Morgan fingerprint density at radius 2 is 2.07 bits per heavy atom. The molecule has 2 atom stereocenters. The van der Waals surface area contributed by atoms with E-state index < -0.39 is 11.1 Å². The Kier molecular flexibility index (Phi) is 6.36. The van der Waals surface area contributed by atoms with E-state index >= 15 is 0 Å². The summed E-state index contributed by atoms with van der Waals surface area (Å²) >= 11 is 1.26. The lowest BCUT2D eigenvalue weighted by atomic mass is 9.86. The second-order valence-electron chi connectivity index (χ2n) is 11.2. The third-order valence-corrected chi connectivity index (χ3v) is 9.25. The van der Waals surface area contributed by atoms with Crippen LogP contribution in [0.4, 0.5) is 9.52 Å². The quantitative estimate of drug-likeness (QED) is 0.237. The van der Waals surface area contributed by atoms with Gasteiger partial charge in [0.05, 0.1) is 30.4 Å². The number of nitrogens with two attached hydrogens (primary N) is 1. The lowest BCUT2D eigenvalue weighted by molar-refractivity contribution is 0.00945. The summed E-state index contributed by atoms with van der Waals surface area (Å²) in [4.78, 5) is 26.9. The first kappa shape index (κ1) is 27.3. The van der Waals surface area contributed by atoms with Gasteiger partial charge in [-0.3, -0.25) is 4.79 Å². The number of methoxy groups -OCH3 is 1. The maximum Gasteiger partial charge on any atom is 0.251 e. The number of nitrogen functional groups attached to an aromatic ring is 1. The van der Waals surface area contributed by atoms with Crippen molar-refractivity contribution in [1.82, 2.24) is 24.8 Å². The SMILES string of the molecule is COc1cc(C(=O)NCC(O)(c2cc3c(c(-c4ccc(F)cc4)n2)OC[C@]3(C)n2ccnc2)C2CC2)cc2sc(N)nc12. The van der Waals surface area contributed by atoms with E-state index in [0.717, 1.165) is 23.1 Å². The molecule has 10 nitrogen and oxygen atoms in total. The molecule has 12 heteroatoms. The Bertz CT molecular complexity index is 1860. The van der Waals surface area contributed by atoms with Crippen LogP contribution in [0, 0.1) is 11.7 Å². The first-order valence-corrected chi connectivity index (χ1v) is 14.7. The summed E-state index contributed by atoms with van der Waals surface area (Å²) in [7, 11) is 1.51. The van der Waals surface area contributed by atoms with Crippen molar-refractivity contribution in [3.63, 3.8) is 0 Å². The van der Waals surface area contributed by atoms with Crippen LogP contribution in [-0.4, -0.2) is 50.8 Å². The number of hydrogen-bond donors (Lipinski definition) is 3. The molecule has 5 aromatic rings. The van der Waals surface area contributed by atoms with Gasteiger partial charge in [-0.05, 0) is 68.1 Å². The largest absolute Gasteiger partial charge is 0.494 e. The van der Waals surface area contributed by atoms with E-state index in [1.807, 2.05) is 23.8 Å². The molecule has 7 rings (SSSR count). The molecular formula is C31H29FN6O4S. The molecule has 4 heterocycles. The fourth-order valence-corrected chi connectivity index (χ4v) is 6.58. The normalized spacial score (nSPS) is 19.1. The number of nitrogens with one attached hydrogen (secondary N) is 1. The smallest absolute Gasteiger partial charge is 0.251 e. The van der Waals surface area contributed by atoms with Crippen molar-refractivity contribution in [2.24, 2.45) is 5.92 Å². The molecule has 3 aromatic heterocycles. The number of halogens is 1. The van der Waals surface area contributed by atoms with Crippen LogP contribution in [-0.2, 0) is 11.1 Å². The van der Waals surface area contributed by atoms with Crippen LogP contribution >= 0.6 is 11.3 Å². The van der Waals surface area contributed by atoms with Gasteiger partial charge < -0.3 is 30.2 Å². The number of hydrogen-bond acceptors (Lipinski definition) is 9. The van der Waals surface area contributed by atoms with E-state index in [-0.39, 0.29) is 24.2 Å². The van der Waals surface area contributed by atoms with Gasteiger partial charge in [0, 0.05) is 29.1 Å². The van der Waals surface area contributed by atoms with E-state index in [9.17, 15) is 14.3 Å². The Morgan fingerprint density at radius 3 is 2.77 bits per heavy atom. The Hall–Kier alpha value is -4.55. The van der Waals surface area contributed by atoms with Crippen molar-refractivity contribution in [3.05, 3.63) is 83.8 Å². The minimum atomic E-state index is -1.47. The number of thiazole rings is 1. The van der Waals surface area contributed by atoms with Gasteiger partial charge >= 0.3 is 0 Å². The molecule has 0 spiro atoms. The number of benzene rings is 2. The van der Waals surface area contributed by atoms with Gasteiger partial charge in [0.2, 0.25) is 0 Å². The zero-order valence-corrected chi connectivity index (χ0v) is 24.3. The van der Waals surface area contributed by atoms with E-state index in [1.165, 1.54) is 30.6 Å². The molecule has 1 amide bonds. The van der Waals surface area contributed by atoms with Crippen molar-refractivity contribution in [3.8, 4) is 22.8 Å². The Labute approximate surface area is 250 Å². The van der Waals surface area contributed by atoms with Gasteiger partial charge in [-0.2, -0.15) is 0 Å². The number of fused-ring (bicyclic) bond motifs is 2. The van der Waals surface area contributed by atoms with Gasteiger partial charge in [-0.15, -0.1) is 0 Å². The van der Waals surface area contributed by atoms with Crippen LogP contribution in [0.1, 0.15) is 41.4 Å². The van der Waals surface area contributed by atoms with Crippen molar-refractivity contribution in [1.29, 1.82) is 0 Å². The third kappa shape index (κ3) is 4.57. The number of amides is 1. The number of nitrogens with zero attached hydrogens (tertiary/aromatic N) is 4. The van der Waals surface area contributed by atoms with E-state index in [0.29, 0.717) is 51.3 Å². The highest BCUT2D eigenvalue weighted by molar-refractivity contribution is 7.22. The number of aromatic nitrogens is 4. The molecule has 1 aliphatic carbocycles. The minimum Gasteiger partial charge on any atom is -0.494 e. The number of aliphatic hydroxyl groups is 1. The monoisotopic (exact) mass is 600 g/mol. The molecule has 2 aliphatic rings. The molecular weight excluding hydrogens is 571 g/mol. The predicted molar refractivity (Wildman–Crippen MR) is 160 cm³/mol. The average molecular weight is 601 g/mol. The fourth-order valence-electron chi connectivity index (χ4n) is 5.78. The third-order valence-electron chi connectivity index (χ3n) is 8.42. The van der Waals surface area contributed by atoms with Gasteiger partial charge in [0.1, 0.15) is 40.5 Å². The summed E-state index contributed by atoms with van der Waals surface area (Å²) in [6.07, 6.45) is 6.87. The molecule has 0 radical (unpaired) electrons. The second-order valence-corrected chi connectivity index (χ2v) is 12.3. The number of pyridine rings is 1. The zero-order valence-electron chi connectivity index (χ0n) is 23.5. The van der Waals surface area contributed by atoms with Crippen molar-refractivity contribution in [2.75, 3.05) is 26.0 Å². The molecule has 4 N–H and O–H groups in total. The Morgan fingerprint density at radius 1 is 1.28 bits per heavy atom. The molecule has 1 fully saturated rings. The lowest BCUT2D eigenvalue weighted by Crippen LogP contribution is -2.43. The summed E-state index contributed by atoms with van der Waals surface area (Å²) in [6, 6.07) is 11.2. The molecule has 43 heavy (non-hydrogen) atoms. The predicted octanol–water partition coefficient (Wildman–Crippen LogP) is 4.47. The molecule has 2 aromatic carbocycles. The maximum absolute atomic E-state index is 13.9. The van der Waals surface area contributed by atoms with Crippen molar-refractivity contribution in [2.45, 2.75) is 30.9 Å². The van der Waals surface area contributed by atoms with Crippen LogP contribution in [0.15, 0.2) is 61.2 Å². The Balaban J connectivity index is 1.29. The molecule has 220 valence electrons. The number of ether oxygens (including phenoxy) is 2. The minimum absolute atomic E-state index is 0.0705. The fraction of sp³-hybridized carbons (Fsp3) is 0.290. The lowest BCUT2D eigenvalue weighted by Gasteiger charge is -2.31. The van der Waals surface area contributed by atoms with Crippen LogP contribution in [0.25, 0.3) is 21.5 Å². The number of carbonyl (C=O) groups excluding carboxylic acids is 1.